The van der Waals surface area contributed by atoms with E-state index in [0.717, 1.165) is 10.3 Å². The molecule has 1 aromatic carbocycles. The van der Waals surface area contributed by atoms with Gasteiger partial charge in [-0.25, -0.2) is 0 Å². The summed E-state index contributed by atoms with van der Waals surface area (Å²) < 4.78 is 7.54. The number of amides is 2. The predicted octanol–water partition coefficient (Wildman–Crippen LogP) is 3.75. The van der Waals surface area contributed by atoms with Crippen molar-refractivity contribution in [3.63, 3.8) is 0 Å². The molecule has 148 valence electrons. The van der Waals surface area contributed by atoms with Crippen LogP contribution in [-0.2, 0) is 4.79 Å². The van der Waals surface area contributed by atoms with Crippen molar-refractivity contribution in [2.75, 3.05) is 0 Å². The first kappa shape index (κ1) is 19.1. The average Bonchev–Trinajstić information content (AvgIpc) is 3.45. The zero-order valence-electron chi connectivity index (χ0n) is 15.6. The maximum Gasteiger partial charge on any atom is 0.305 e. The van der Waals surface area contributed by atoms with Crippen molar-refractivity contribution in [3.8, 4) is 10.7 Å². The number of benzene rings is 1. The van der Waals surface area contributed by atoms with Gasteiger partial charge in [0.25, 0.3) is 5.91 Å². The third kappa shape index (κ3) is 3.47. The quantitative estimate of drug-likeness (QED) is 0.340. The molecule has 3 N–H and O–H groups in total. The smallest absolute Gasteiger partial charge is 0.305 e. The Morgan fingerprint density at radius 2 is 2.03 bits per heavy atom. The molecule has 2 amide bonds. The molecule has 8 nitrogen and oxygen atoms in total. The van der Waals surface area contributed by atoms with Gasteiger partial charge in [-0.05, 0) is 43.6 Å². The minimum absolute atomic E-state index is 0.151. The minimum atomic E-state index is -0.699. The van der Waals surface area contributed by atoms with E-state index in [4.69, 9.17) is 16.6 Å². The summed E-state index contributed by atoms with van der Waals surface area (Å²) in [6.07, 6.45) is 0. The molecular weight excluding hydrogens is 410 g/mol. The Hall–Kier alpha value is -3.24. The number of furan rings is 1. The summed E-state index contributed by atoms with van der Waals surface area (Å²) in [6, 6.07) is 10.4. The molecule has 4 aromatic rings. The number of hydrogen-bond acceptors (Lipinski definition) is 6. The highest BCUT2D eigenvalue weighted by molar-refractivity contribution is 7.71. The molecule has 3 heterocycles. The topological polar surface area (TPSA) is 105 Å². The molecule has 0 aliphatic carbocycles. The summed E-state index contributed by atoms with van der Waals surface area (Å²) in [5.41, 5.74) is 6.16. The molecule has 0 fully saturated rings. The van der Waals surface area contributed by atoms with Crippen LogP contribution in [-0.4, -0.2) is 26.6 Å². The molecule has 0 aliphatic rings. The van der Waals surface area contributed by atoms with E-state index in [1.54, 1.807) is 24.5 Å². The van der Waals surface area contributed by atoms with Gasteiger partial charge in [0.1, 0.15) is 11.6 Å². The second-order valence-electron chi connectivity index (χ2n) is 6.37. The fourth-order valence-electron chi connectivity index (χ4n) is 3.03. The zero-order valence-corrected chi connectivity index (χ0v) is 17.2. The summed E-state index contributed by atoms with van der Waals surface area (Å²) >= 11 is 6.76. The molecule has 10 heteroatoms. The Labute approximate surface area is 174 Å². The standard InChI is InChI=1S/C19H17N5O3S2/c1-10-12-6-3-4-7-13(12)27-15(10)18(26)22-21-17(25)11(2)24-16(20-23-19(24)28)14-8-5-9-29-14/h3-9,11H,1-2H3,(H,21,25)(H,22,26)(H,23,28). The number of carbonyl (C=O) groups is 2. The van der Waals surface area contributed by atoms with Crippen LogP contribution in [0.1, 0.15) is 29.1 Å². The van der Waals surface area contributed by atoms with Gasteiger partial charge in [0.05, 0.1) is 4.88 Å². The summed E-state index contributed by atoms with van der Waals surface area (Å²) in [5.74, 6) is -0.263. The summed E-state index contributed by atoms with van der Waals surface area (Å²) in [7, 11) is 0. The number of aryl methyl sites for hydroxylation is 1. The van der Waals surface area contributed by atoms with Crippen molar-refractivity contribution in [1.82, 2.24) is 25.6 Å². The first-order chi connectivity index (χ1) is 14.0. The predicted molar refractivity (Wildman–Crippen MR) is 112 cm³/mol. The lowest BCUT2D eigenvalue weighted by Gasteiger charge is -2.15. The first-order valence-electron chi connectivity index (χ1n) is 8.76. The second-order valence-corrected chi connectivity index (χ2v) is 7.71. The monoisotopic (exact) mass is 427 g/mol. The fourth-order valence-corrected chi connectivity index (χ4v) is 4.03. The number of fused-ring (bicyclic) bond motifs is 1. The van der Waals surface area contributed by atoms with E-state index >= 15 is 0 Å². The van der Waals surface area contributed by atoms with Gasteiger partial charge in [0.15, 0.2) is 16.4 Å². The van der Waals surface area contributed by atoms with Gasteiger partial charge in [0.2, 0.25) is 0 Å². The van der Waals surface area contributed by atoms with E-state index in [0.29, 0.717) is 21.7 Å². The third-order valence-electron chi connectivity index (χ3n) is 4.56. The average molecular weight is 428 g/mol. The SMILES string of the molecule is Cc1c(C(=O)NNC(=O)C(C)n2c(-c3cccs3)n[nH]c2=S)oc2ccccc12. The van der Waals surface area contributed by atoms with Crippen molar-refractivity contribution in [2.24, 2.45) is 0 Å². The van der Waals surface area contributed by atoms with Gasteiger partial charge in [-0.2, -0.15) is 5.10 Å². The van der Waals surface area contributed by atoms with Crippen LogP contribution < -0.4 is 10.9 Å². The number of nitrogens with one attached hydrogen (secondary N) is 3. The van der Waals surface area contributed by atoms with Crippen LogP contribution >= 0.6 is 23.6 Å². The number of hydrazine groups is 1. The molecule has 0 saturated heterocycles. The molecule has 0 spiro atoms. The number of hydrogen-bond donors (Lipinski definition) is 3. The Bertz CT molecular complexity index is 1250. The highest BCUT2D eigenvalue weighted by Crippen LogP contribution is 2.26. The molecule has 29 heavy (non-hydrogen) atoms. The van der Waals surface area contributed by atoms with Crippen LogP contribution in [0.15, 0.2) is 46.2 Å². The maximum absolute atomic E-state index is 12.6. The third-order valence-corrected chi connectivity index (χ3v) is 5.72. The number of thiophene rings is 1. The van der Waals surface area contributed by atoms with Gasteiger partial charge >= 0.3 is 5.91 Å². The van der Waals surface area contributed by atoms with Crippen LogP contribution in [0.3, 0.4) is 0 Å². The molecule has 1 unspecified atom stereocenters. The summed E-state index contributed by atoms with van der Waals surface area (Å²) in [6.45, 7) is 3.47. The molecule has 0 aliphatic heterocycles. The fraction of sp³-hybridized carbons (Fsp3) is 0.158. The van der Waals surface area contributed by atoms with E-state index < -0.39 is 17.9 Å². The highest BCUT2D eigenvalue weighted by Gasteiger charge is 2.23. The molecule has 0 radical (unpaired) electrons. The van der Waals surface area contributed by atoms with Crippen LogP contribution in [0, 0.1) is 11.7 Å². The van der Waals surface area contributed by atoms with Gasteiger partial charge < -0.3 is 4.42 Å². The van der Waals surface area contributed by atoms with Crippen molar-refractivity contribution in [2.45, 2.75) is 19.9 Å². The van der Waals surface area contributed by atoms with E-state index in [9.17, 15) is 9.59 Å². The number of H-pyrrole nitrogens is 1. The number of para-hydroxylation sites is 1. The number of aromatic amines is 1. The van der Waals surface area contributed by atoms with Crippen LogP contribution in [0.2, 0.25) is 0 Å². The van der Waals surface area contributed by atoms with Crippen LogP contribution in [0.25, 0.3) is 21.7 Å². The Morgan fingerprint density at radius 3 is 2.76 bits per heavy atom. The Morgan fingerprint density at radius 1 is 1.24 bits per heavy atom. The van der Waals surface area contributed by atoms with E-state index in [-0.39, 0.29) is 5.76 Å². The van der Waals surface area contributed by atoms with E-state index in [1.165, 1.54) is 11.3 Å². The van der Waals surface area contributed by atoms with Crippen LogP contribution in [0.5, 0.6) is 0 Å². The largest absolute Gasteiger partial charge is 0.451 e. The molecule has 0 saturated carbocycles. The normalized spacial score (nSPS) is 12.1. The second kappa shape index (κ2) is 7.64. The first-order valence-corrected chi connectivity index (χ1v) is 10.0. The number of aromatic nitrogens is 3. The van der Waals surface area contributed by atoms with Crippen molar-refractivity contribution in [1.29, 1.82) is 0 Å². The van der Waals surface area contributed by atoms with Gasteiger partial charge in [-0.15, -0.1) is 11.3 Å². The molecule has 0 bridgehead atoms. The summed E-state index contributed by atoms with van der Waals surface area (Å²) in [5, 5.41) is 9.69. The number of nitrogens with zero attached hydrogens (tertiary/aromatic N) is 2. The Kier molecular flexibility index (Phi) is 5.03. The van der Waals surface area contributed by atoms with Gasteiger partial charge in [-0.3, -0.25) is 30.1 Å². The zero-order chi connectivity index (χ0) is 20.5. The van der Waals surface area contributed by atoms with Gasteiger partial charge in [-0.1, -0.05) is 24.3 Å². The number of carbonyl (C=O) groups excluding carboxylic acids is 2. The highest BCUT2D eigenvalue weighted by atomic mass is 32.1. The molecule has 1 atom stereocenters. The van der Waals surface area contributed by atoms with E-state index in [2.05, 4.69) is 21.0 Å². The Balaban J connectivity index is 1.50. The van der Waals surface area contributed by atoms with Crippen molar-refractivity contribution >= 4 is 46.3 Å². The maximum atomic E-state index is 12.6. The summed E-state index contributed by atoms with van der Waals surface area (Å²) in [4.78, 5) is 26.0. The van der Waals surface area contributed by atoms with Crippen molar-refractivity contribution in [3.05, 3.63) is 57.9 Å². The van der Waals surface area contributed by atoms with Crippen molar-refractivity contribution < 1.29 is 14.0 Å². The molecular formula is C19H17N5O3S2. The number of rotatable bonds is 4. The lowest BCUT2D eigenvalue weighted by atomic mass is 10.1. The molecule has 3 aromatic heterocycles. The minimum Gasteiger partial charge on any atom is -0.451 e. The van der Waals surface area contributed by atoms with E-state index in [1.807, 2.05) is 35.7 Å². The lowest BCUT2D eigenvalue weighted by Crippen LogP contribution is -2.44. The lowest BCUT2D eigenvalue weighted by molar-refractivity contribution is -0.124. The molecule has 4 rings (SSSR count). The van der Waals surface area contributed by atoms with Gasteiger partial charge in [0, 0.05) is 10.9 Å². The van der Waals surface area contributed by atoms with Crippen LogP contribution in [0.4, 0.5) is 0 Å².